The zero-order valence-electron chi connectivity index (χ0n) is 12.3. The van der Waals surface area contributed by atoms with Gasteiger partial charge in [-0.3, -0.25) is 0 Å². The normalized spacial score (nSPS) is 17.6. The summed E-state index contributed by atoms with van der Waals surface area (Å²) in [4.78, 5) is 0. The van der Waals surface area contributed by atoms with Gasteiger partial charge in [0.05, 0.1) is 62.7 Å². The minimum atomic E-state index is -1.51. The van der Waals surface area contributed by atoms with Crippen LogP contribution in [-0.2, 0) is 0 Å². The minimum absolute atomic E-state index is 0.107. The lowest BCUT2D eigenvalue weighted by Gasteiger charge is -2.39. The molecule has 128 valence electrons. The lowest BCUT2D eigenvalue weighted by atomic mass is 9.73. The highest BCUT2D eigenvalue weighted by atomic mass is 16.3. The van der Waals surface area contributed by atoms with Gasteiger partial charge in [-0.25, -0.2) is 0 Å². The molecular weight excluding hydrogens is 284 g/mol. The first-order chi connectivity index (χ1) is 9.82. The molecule has 0 aliphatic rings. The first-order valence-electron chi connectivity index (χ1n) is 6.84. The van der Waals surface area contributed by atoms with Gasteiger partial charge in [0, 0.05) is 0 Å². The Morgan fingerprint density at radius 2 is 1.00 bits per heavy atom. The molecule has 0 aliphatic carbocycles. The summed E-state index contributed by atoms with van der Waals surface area (Å²) in [5.74, 6) is -0.671. The van der Waals surface area contributed by atoms with Gasteiger partial charge in [0.2, 0.25) is 0 Å². The van der Waals surface area contributed by atoms with Crippen molar-refractivity contribution in [3.8, 4) is 0 Å². The van der Waals surface area contributed by atoms with E-state index < -0.39 is 68.6 Å². The highest BCUT2D eigenvalue weighted by molar-refractivity contribution is 4.92. The Morgan fingerprint density at radius 3 is 1.29 bits per heavy atom. The van der Waals surface area contributed by atoms with Crippen LogP contribution in [0.25, 0.3) is 0 Å². The second-order valence-corrected chi connectivity index (χ2v) is 5.85. The van der Waals surface area contributed by atoms with Gasteiger partial charge >= 0.3 is 0 Å². The van der Waals surface area contributed by atoms with Crippen LogP contribution >= 0.6 is 0 Å². The molecule has 0 aromatic carbocycles. The Labute approximate surface area is 123 Å². The second-order valence-electron chi connectivity index (χ2n) is 5.85. The van der Waals surface area contributed by atoms with Crippen LogP contribution in [0, 0.1) is 16.7 Å². The predicted molar refractivity (Wildman–Crippen MR) is 73.2 cm³/mol. The summed E-state index contributed by atoms with van der Waals surface area (Å²) in [5.41, 5.74) is -3.02. The van der Waals surface area contributed by atoms with Gasteiger partial charge < -0.3 is 40.9 Å². The lowest BCUT2D eigenvalue weighted by Crippen LogP contribution is -2.51. The van der Waals surface area contributed by atoms with E-state index in [9.17, 15) is 40.9 Å². The monoisotopic (exact) mass is 312 g/mol. The zero-order chi connectivity index (χ0) is 16.7. The molecule has 3 unspecified atom stereocenters. The summed E-state index contributed by atoms with van der Waals surface area (Å²) in [6.45, 7) is -2.34. The molecule has 3 atom stereocenters. The fourth-order valence-electron chi connectivity index (χ4n) is 2.23. The van der Waals surface area contributed by atoms with Gasteiger partial charge in [-0.2, -0.15) is 0 Å². The molecule has 0 amide bonds. The van der Waals surface area contributed by atoms with Crippen LogP contribution in [0.4, 0.5) is 0 Å². The Hall–Kier alpha value is -0.320. The van der Waals surface area contributed by atoms with Crippen molar-refractivity contribution in [3.05, 3.63) is 0 Å². The van der Waals surface area contributed by atoms with Crippen molar-refractivity contribution < 1.29 is 40.9 Å². The Bertz CT molecular complexity index is 261. The molecule has 0 rings (SSSR count). The van der Waals surface area contributed by atoms with Gasteiger partial charge in [-0.05, 0) is 12.3 Å². The maximum absolute atomic E-state index is 10.2. The molecule has 0 saturated heterocycles. The summed E-state index contributed by atoms with van der Waals surface area (Å²) in [6.07, 6.45) is -2.73. The molecule has 0 aliphatic heterocycles. The molecule has 0 aromatic rings. The van der Waals surface area contributed by atoms with Crippen LogP contribution in [0.3, 0.4) is 0 Å². The van der Waals surface area contributed by atoms with Crippen LogP contribution in [0.5, 0.6) is 0 Å². The Kier molecular flexibility index (Phi) is 8.83. The van der Waals surface area contributed by atoms with Crippen molar-refractivity contribution in [2.24, 2.45) is 16.7 Å². The van der Waals surface area contributed by atoms with E-state index in [-0.39, 0.29) is 6.42 Å². The zero-order valence-corrected chi connectivity index (χ0v) is 12.3. The number of hydrogen-bond acceptors (Lipinski definition) is 8. The molecule has 0 spiro atoms. The minimum Gasteiger partial charge on any atom is -0.396 e. The van der Waals surface area contributed by atoms with Crippen LogP contribution in [0.15, 0.2) is 0 Å². The number of aliphatic hydroxyl groups is 8. The highest BCUT2D eigenvalue weighted by Crippen LogP contribution is 2.32. The van der Waals surface area contributed by atoms with Gasteiger partial charge in [-0.1, -0.05) is 6.92 Å². The Morgan fingerprint density at radius 1 is 0.667 bits per heavy atom. The standard InChI is InChI=1S/C13H28O8/c1-9(11(21)13(6-17,7-18)8-19)2-10(20)12(3-14,4-15)5-16/h9-11,14-21H,2-8H2,1H3. The van der Waals surface area contributed by atoms with E-state index in [1.165, 1.54) is 6.92 Å². The van der Waals surface area contributed by atoms with Crippen molar-refractivity contribution in [2.75, 3.05) is 39.6 Å². The summed E-state index contributed by atoms with van der Waals surface area (Å²) in [7, 11) is 0. The third-order valence-corrected chi connectivity index (χ3v) is 4.36. The van der Waals surface area contributed by atoms with E-state index in [2.05, 4.69) is 0 Å². The van der Waals surface area contributed by atoms with Crippen LogP contribution in [0.1, 0.15) is 13.3 Å². The molecule has 0 radical (unpaired) electrons. The van der Waals surface area contributed by atoms with Crippen molar-refractivity contribution >= 4 is 0 Å². The number of rotatable bonds is 11. The van der Waals surface area contributed by atoms with Crippen molar-refractivity contribution in [3.63, 3.8) is 0 Å². The molecule has 0 aromatic heterocycles. The molecule has 8 N–H and O–H groups in total. The molecule has 8 heteroatoms. The summed E-state index contributed by atoms with van der Waals surface area (Å²) >= 11 is 0. The van der Waals surface area contributed by atoms with E-state index >= 15 is 0 Å². The van der Waals surface area contributed by atoms with Crippen LogP contribution in [0.2, 0.25) is 0 Å². The van der Waals surface area contributed by atoms with E-state index in [0.717, 1.165) is 0 Å². The van der Waals surface area contributed by atoms with Crippen LogP contribution in [-0.4, -0.2) is 92.7 Å². The molecule has 21 heavy (non-hydrogen) atoms. The van der Waals surface area contributed by atoms with Gasteiger partial charge in [-0.15, -0.1) is 0 Å². The van der Waals surface area contributed by atoms with Crippen molar-refractivity contribution in [2.45, 2.75) is 25.6 Å². The average Bonchev–Trinajstić information content (AvgIpc) is 2.51. The molecule has 0 saturated carbocycles. The largest absolute Gasteiger partial charge is 0.396 e. The van der Waals surface area contributed by atoms with Crippen molar-refractivity contribution in [1.82, 2.24) is 0 Å². The van der Waals surface area contributed by atoms with Crippen molar-refractivity contribution in [1.29, 1.82) is 0 Å². The van der Waals surface area contributed by atoms with Gasteiger partial charge in [0.25, 0.3) is 0 Å². The smallest absolute Gasteiger partial charge is 0.0689 e. The molecule has 0 fully saturated rings. The second kappa shape index (κ2) is 8.96. The van der Waals surface area contributed by atoms with E-state index in [1.54, 1.807) is 0 Å². The maximum atomic E-state index is 10.2. The molecule has 8 nitrogen and oxygen atoms in total. The third kappa shape index (κ3) is 4.33. The third-order valence-electron chi connectivity index (χ3n) is 4.36. The summed E-state index contributed by atoms with van der Waals surface area (Å²) < 4.78 is 0. The number of hydrogen-bond donors (Lipinski definition) is 8. The summed E-state index contributed by atoms with van der Waals surface area (Å²) in [5, 5.41) is 75.8. The highest BCUT2D eigenvalue weighted by Gasteiger charge is 2.43. The first kappa shape index (κ1) is 20.7. The quantitative estimate of drug-likeness (QED) is 0.196. The lowest BCUT2D eigenvalue weighted by molar-refractivity contribution is -0.127. The summed E-state index contributed by atoms with van der Waals surface area (Å²) in [6, 6.07) is 0. The molecule has 0 bridgehead atoms. The van der Waals surface area contributed by atoms with E-state index in [0.29, 0.717) is 0 Å². The Balaban J connectivity index is 4.99. The molecular formula is C13H28O8. The fourth-order valence-corrected chi connectivity index (χ4v) is 2.23. The van der Waals surface area contributed by atoms with Gasteiger partial charge in [0.15, 0.2) is 0 Å². The fraction of sp³-hybridized carbons (Fsp3) is 1.00. The van der Waals surface area contributed by atoms with E-state index in [4.69, 9.17) is 0 Å². The molecule has 0 heterocycles. The SMILES string of the molecule is CC(CC(O)C(CO)(CO)CO)C(O)C(CO)(CO)CO. The first-order valence-corrected chi connectivity index (χ1v) is 6.84. The van der Waals surface area contributed by atoms with Gasteiger partial charge in [0.1, 0.15) is 0 Å². The predicted octanol–water partition coefficient (Wildman–Crippen LogP) is -3.34. The topological polar surface area (TPSA) is 162 Å². The number of aliphatic hydroxyl groups excluding tert-OH is 8. The van der Waals surface area contributed by atoms with E-state index in [1.807, 2.05) is 0 Å². The average molecular weight is 312 g/mol. The maximum Gasteiger partial charge on any atom is 0.0689 e. The van der Waals surface area contributed by atoms with Crippen LogP contribution < -0.4 is 0 Å².